The second kappa shape index (κ2) is 7.37. The third-order valence-corrected chi connectivity index (χ3v) is 3.87. The topological polar surface area (TPSA) is 94.6 Å². The smallest absolute Gasteiger partial charge is 0.270 e. The molecule has 0 fully saturated rings. The van der Waals surface area contributed by atoms with Crippen molar-refractivity contribution in [2.24, 2.45) is 0 Å². The van der Waals surface area contributed by atoms with Crippen LogP contribution < -0.4 is 9.46 Å². The SMILES string of the molecule is CO[C@H](C)CS(=O)(=O)NC(=O)c1cccnc1OC(C)C. The van der Waals surface area contributed by atoms with Crippen LogP contribution in [0.15, 0.2) is 18.3 Å². The van der Waals surface area contributed by atoms with E-state index >= 15 is 0 Å². The largest absolute Gasteiger partial charge is 0.474 e. The summed E-state index contributed by atoms with van der Waals surface area (Å²) in [5, 5.41) is 0. The standard InChI is InChI=1S/C13H20N2O5S/c1-9(2)20-13-11(6-5-7-14-13)12(16)15-21(17,18)8-10(3)19-4/h5-7,9-10H,8H2,1-4H3,(H,15,16)/t10-/m1/s1. The second-order valence-electron chi connectivity index (χ2n) is 4.78. The molecule has 8 heteroatoms. The first-order valence-corrected chi connectivity index (χ1v) is 8.09. The lowest BCUT2D eigenvalue weighted by molar-refractivity contribution is 0.0973. The molecule has 7 nitrogen and oxygen atoms in total. The van der Waals surface area contributed by atoms with Gasteiger partial charge in [-0.2, -0.15) is 0 Å². The van der Waals surface area contributed by atoms with Crippen molar-refractivity contribution < 1.29 is 22.7 Å². The Balaban J connectivity index is 2.90. The summed E-state index contributed by atoms with van der Waals surface area (Å²) in [6.07, 6.45) is 0.767. The summed E-state index contributed by atoms with van der Waals surface area (Å²) in [7, 11) is -2.39. The van der Waals surface area contributed by atoms with Crippen LogP contribution in [-0.4, -0.2) is 44.4 Å². The van der Waals surface area contributed by atoms with Gasteiger partial charge in [0.05, 0.1) is 18.0 Å². The highest BCUT2D eigenvalue weighted by Crippen LogP contribution is 2.16. The molecule has 0 aromatic carbocycles. The Labute approximate surface area is 124 Å². The lowest BCUT2D eigenvalue weighted by Gasteiger charge is -2.14. The minimum absolute atomic E-state index is 0.0693. The van der Waals surface area contributed by atoms with Crippen LogP contribution in [0.2, 0.25) is 0 Å². The molecule has 1 amide bonds. The van der Waals surface area contributed by atoms with Crippen LogP contribution >= 0.6 is 0 Å². The molecular formula is C13H20N2O5S. The van der Waals surface area contributed by atoms with E-state index in [0.717, 1.165) is 0 Å². The summed E-state index contributed by atoms with van der Waals surface area (Å²) in [6, 6.07) is 2.99. The predicted octanol–water partition coefficient (Wildman–Crippen LogP) is 0.963. The summed E-state index contributed by atoms with van der Waals surface area (Å²) >= 11 is 0. The molecule has 1 atom stereocenters. The molecule has 0 spiro atoms. The van der Waals surface area contributed by atoms with Crippen LogP contribution in [-0.2, 0) is 14.8 Å². The fraction of sp³-hybridized carbons (Fsp3) is 0.538. The fourth-order valence-corrected chi connectivity index (χ4v) is 2.73. The van der Waals surface area contributed by atoms with Crippen molar-refractivity contribution in [1.29, 1.82) is 0 Å². The monoisotopic (exact) mass is 316 g/mol. The minimum Gasteiger partial charge on any atom is -0.474 e. The van der Waals surface area contributed by atoms with Gasteiger partial charge in [0.15, 0.2) is 0 Å². The first-order chi connectivity index (χ1) is 9.75. The van der Waals surface area contributed by atoms with Crippen LogP contribution in [0.25, 0.3) is 0 Å². The van der Waals surface area contributed by atoms with Crippen LogP contribution in [0.1, 0.15) is 31.1 Å². The molecule has 21 heavy (non-hydrogen) atoms. The van der Waals surface area contributed by atoms with E-state index in [4.69, 9.17) is 9.47 Å². The average Bonchev–Trinajstić information content (AvgIpc) is 2.37. The molecule has 1 heterocycles. The molecular weight excluding hydrogens is 296 g/mol. The lowest BCUT2D eigenvalue weighted by atomic mass is 10.2. The number of ether oxygens (including phenoxy) is 2. The fourth-order valence-electron chi connectivity index (χ4n) is 1.50. The quantitative estimate of drug-likeness (QED) is 0.805. The van der Waals surface area contributed by atoms with Crippen molar-refractivity contribution >= 4 is 15.9 Å². The van der Waals surface area contributed by atoms with E-state index < -0.39 is 22.0 Å². The zero-order chi connectivity index (χ0) is 16.0. The Morgan fingerprint density at radius 3 is 2.62 bits per heavy atom. The Bertz CT molecular complexity index is 586. The molecule has 118 valence electrons. The van der Waals surface area contributed by atoms with Crippen LogP contribution in [0.5, 0.6) is 5.88 Å². The maximum atomic E-state index is 12.1. The molecule has 0 saturated heterocycles. The maximum Gasteiger partial charge on any atom is 0.270 e. The van der Waals surface area contributed by atoms with Crippen molar-refractivity contribution in [3.63, 3.8) is 0 Å². The number of carbonyl (C=O) groups excluding carboxylic acids is 1. The lowest BCUT2D eigenvalue weighted by Crippen LogP contribution is -2.36. The number of nitrogens with zero attached hydrogens (tertiary/aromatic N) is 1. The van der Waals surface area contributed by atoms with E-state index in [0.29, 0.717) is 0 Å². The van der Waals surface area contributed by atoms with Gasteiger partial charge >= 0.3 is 0 Å². The third kappa shape index (κ3) is 5.68. The molecule has 1 rings (SSSR count). The number of amides is 1. The summed E-state index contributed by atoms with van der Waals surface area (Å²) in [6.45, 7) is 5.17. The van der Waals surface area contributed by atoms with Crippen LogP contribution in [0, 0.1) is 0 Å². The summed E-state index contributed by atoms with van der Waals surface area (Å²) in [5.41, 5.74) is 0.0693. The molecule has 1 aromatic heterocycles. The number of nitrogens with one attached hydrogen (secondary N) is 1. The van der Waals surface area contributed by atoms with Gasteiger partial charge in [0.25, 0.3) is 5.91 Å². The number of methoxy groups -OCH3 is 1. The highest BCUT2D eigenvalue weighted by Gasteiger charge is 2.22. The summed E-state index contributed by atoms with van der Waals surface area (Å²) in [5.74, 6) is -0.988. The highest BCUT2D eigenvalue weighted by molar-refractivity contribution is 7.90. The highest BCUT2D eigenvalue weighted by atomic mass is 32.2. The number of hydrogen-bond acceptors (Lipinski definition) is 6. The number of carbonyl (C=O) groups is 1. The summed E-state index contributed by atoms with van der Waals surface area (Å²) < 4.78 is 35.9. The number of sulfonamides is 1. The summed E-state index contributed by atoms with van der Waals surface area (Å²) in [4.78, 5) is 16.0. The number of hydrogen-bond donors (Lipinski definition) is 1. The Kier molecular flexibility index (Phi) is 6.10. The first kappa shape index (κ1) is 17.4. The van der Waals surface area contributed by atoms with E-state index in [1.165, 1.54) is 25.4 Å². The Morgan fingerprint density at radius 2 is 2.05 bits per heavy atom. The van der Waals surface area contributed by atoms with Crippen molar-refractivity contribution in [3.05, 3.63) is 23.9 Å². The van der Waals surface area contributed by atoms with Gasteiger partial charge in [-0.3, -0.25) is 4.79 Å². The van der Waals surface area contributed by atoms with Crippen molar-refractivity contribution in [2.45, 2.75) is 33.0 Å². The average molecular weight is 316 g/mol. The second-order valence-corrected chi connectivity index (χ2v) is 6.55. The van der Waals surface area contributed by atoms with Crippen LogP contribution in [0.3, 0.4) is 0 Å². The molecule has 0 aliphatic rings. The predicted molar refractivity (Wildman–Crippen MR) is 77.7 cm³/mol. The molecule has 0 unspecified atom stereocenters. The van der Waals surface area contributed by atoms with Gasteiger partial charge in [-0.15, -0.1) is 0 Å². The number of rotatable bonds is 7. The first-order valence-electron chi connectivity index (χ1n) is 6.44. The minimum atomic E-state index is -3.79. The molecule has 0 saturated carbocycles. The van der Waals surface area contributed by atoms with Gasteiger partial charge in [-0.1, -0.05) is 0 Å². The maximum absolute atomic E-state index is 12.1. The van der Waals surface area contributed by atoms with Gasteiger partial charge < -0.3 is 9.47 Å². The van der Waals surface area contributed by atoms with Gasteiger partial charge in [-0.05, 0) is 32.9 Å². The molecule has 0 bridgehead atoms. The van der Waals surface area contributed by atoms with E-state index in [1.54, 1.807) is 20.8 Å². The zero-order valence-corrected chi connectivity index (χ0v) is 13.3. The van der Waals surface area contributed by atoms with Crippen molar-refractivity contribution in [2.75, 3.05) is 12.9 Å². The van der Waals surface area contributed by atoms with Gasteiger partial charge in [0.2, 0.25) is 15.9 Å². The van der Waals surface area contributed by atoms with Crippen molar-refractivity contribution in [3.8, 4) is 5.88 Å². The van der Waals surface area contributed by atoms with E-state index in [9.17, 15) is 13.2 Å². The van der Waals surface area contributed by atoms with E-state index in [-0.39, 0.29) is 23.3 Å². The van der Waals surface area contributed by atoms with E-state index in [2.05, 4.69) is 4.98 Å². The molecule has 1 N–H and O–H groups in total. The van der Waals surface area contributed by atoms with Gasteiger partial charge in [-0.25, -0.2) is 18.1 Å². The number of pyridine rings is 1. The Morgan fingerprint density at radius 1 is 1.38 bits per heavy atom. The normalized spacial score (nSPS) is 13.0. The zero-order valence-electron chi connectivity index (χ0n) is 12.5. The Hall–Kier alpha value is -1.67. The molecule has 0 radical (unpaired) electrons. The molecule has 0 aliphatic carbocycles. The number of aromatic nitrogens is 1. The molecule has 1 aromatic rings. The van der Waals surface area contributed by atoms with Gasteiger partial charge in [0.1, 0.15) is 5.56 Å². The van der Waals surface area contributed by atoms with E-state index in [1.807, 2.05) is 4.72 Å². The van der Waals surface area contributed by atoms with Crippen LogP contribution in [0.4, 0.5) is 0 Å². The van der Waals surface area contributed by atoms with Crippen molar-refractivity contribution in [1.82, 2.24) is 9.71 Å². The third-order valence-electron chi connectivity index (χ3n) is 2.47. The van der Waals surface area contributed by atoms with Gasteiger partial charge in [0, 0.05) is 13.3 Å². The molecule has 0 aliphatic heterocycles.